The number of ether oxygens (including phenoxy) is 1. The van der Waals surface area contributed by atoms with Gasteiger partial charge < -0.3 is 14.3 Å². The summed E-state index contributed by atoms with van der Waals surface area (Å²) in [5, 5.41) is 7.61. The highest BCUT2D eigenvalue weighted by Gasteiger charge is 2.17. The summed E-state index contributed by atoms with van der Waals surface area (Å²) in [5.74, 6) is 2.40. The number of H-pyrrole nitrogens is 2. The molecular weight excluding hydrogens is 414 g/mol. The summed E-state index contributed by atoms with van der Waals surface area (Å²) < 4.78 is 7.42. The molecule has 0 radical (unpaired) electrons. The summed E-state index contributed by atoms with van der Waals surface area (Å²) in [6, 6.07) is 18.0. The van der Waals surface area contributed by atoms with Crippen molar-refractivity contribution >= 4 is 22.1 Å². The van der Waals surface area contributed by atoms with E-state index in [1.807, 2.05) is 67.2 Å². The molecule has 33 heavy (non-hydrogen) atoms. The van der Waals surface area contributed by atoms with Crippen molar-refractivity contribution in [2.24, 2.45) is 7.05 Å². The zero-order chi connectivity index (χ0) is 22.5. The summed E-state index contributed by atoms with van der Waals surface area (Å²) in [5.41, 5.74) is 7.93. The van der Waals surface area contributed by atoms with Crippen molar-refractivity contribution in [3.05, 3.63) is 66.6 Å². The van der Waals surface area contributed by atoms with Gasteiger partial charge in [-0.05, 0) is 42.8 Å². The van der Waals surface area contributed by atoms with E-state index in [4.69, 9.17) is 14.7 Å². The lowest BCUT2D eigenvalue weighted by molar-refractivity contribution is 0.415. The van der Waals surface area contributed by atoms with Crippen LogP contribution in [0.25, 0.3) is 56.1 Å². The van der Waals surface area contributed by atoms with Crippen molar-refractivity contribution in [3.8, 4) is 39.8 Å². The molecular formula is C25H21N7O. The van der Waals surface area contributed by atoms with Gasteiger partial charge in [-0.1, -0.05) is 24.3 Å². The van der Waals surface area contributed by atoms with E-state index in [2.05, 4.69) is 32.3 Å². The van der Waals surface area contributed by atoms with Gasteiger partial charge in [0.25, 0.3) is 0 Å². The molecule has 6 aromatic rings. The molecule has 6 rings (SSSR count). The van der Waals surface area contributed by atoms with Crippen LogP contribution in [0.1, 0.15) is 5.82 Å². The summed E-state index contributed by atoms with van der Waals surface area (Å²) in [6.07, 6.45) is 1.84. The Morgan fingerprint density at radius 3 is 2.64 bits per heavy atom. The number of nitrogens with one attached hydrogen (secondary N) is 2. The average molecular weight is 435 g/mol. The molecule has 8 heteroatoms. The van der Waals surface area contributed by atoms with Crippen molar-refractivity contribution in [1.82, 2.24) is 34.7 Å². The molecule has 8 nitrogen and oxygen atoms in total. The number of para-hydroxylation sites is 1. The number of aromatic amines is 2. The maximum absolute atomic E-state index is 5.40. The maximum atomic E-state index is 5.40. The van der Waals surface area contributed by atoms with Crippen LogP contribution in [0.15, 0.2) is 60.8 Å². The first-order valence-electron chi connectivity index (χ1n) is 10.6. The van der Waals surface area contributed by atoms with Crippen LogP contribution in [0.5, 0.6) is 5.75 Å². The molecule has 0 saturated carbocycles. The number of hydrogen-bond acceptors (Lipinski definition) is 5. The minimum absolute atomic E-state index is 0.664. The third-order valence-corrected chi connectivity index (χ3v) is 6.01. The number of fused-ring (bicyclic) bond motifs is 2. The van der Waals surface area contributed by atoms with Crippen LogP contribution < -0.4 is 4.74 Å². The van der Waals surface area contributed by atoms with Crippen LogP contribution >= 0.6 is 0 Å². The van der Waals surface area contributed by atoms with Gasteiger partial charge in [0.2, 0.25) is 0 Å². The van der Waals surface area contributed by atoms with Gasteiger partial charge in [0.15, 0.2) is 11.5 Å². The van der Waals surface area contributed by atoms with Gasteiger partial charge in [0.1, 0.15) is 17.1 Å². The Morgan fingerprint density at radius 2 is 1.82 bits per heavy atom. The molecule has 0 spiro atoms. The topological polar surface area (TPSA) is 97.3 Å². The predicted octanol–water partition coefficient (Wildman–Crippen LogP) is 4.89. The molecule has 0 bridgehead atoms. The van der Waals surface area contributed by atoms with Gasteiger partial charge in [0.05, 0.1) is 41.2 Å². The highest BCUT2D eigenvalue weighted by molar-refractivity contribution is 5.96. The number of aromatic nitrogens is 7. The summed E-state index contributed by atoms with van der Waals surface area (Å²) >= 11 is 0. The van der Waals surface area contributed by atoms with Crippen molar-refractivity contribution in [3.63, 3.8) is 0 Å². The number of hydrogen-bond donors (Lipinski definition) is 2. The van der Waals surface area contributed by atoms with E-state index < -0.39 is 0 Å². The van der Waals surface area contributed by atoms with Gasteiger partial charge in [-0.15, -0.1) is 0 Å². The van der Waals surface area contributed by atoms with Crippen LogP contribution in [0.3, 0.4) is 0 Å². The first kappa shape index (κ1) is 19.2. The number of aryl methyl sites for hydroxylation is 1. The van der Waals surface area contributed by atoms with E-state index in [9.17, 15) is 0 Å². The van der Waals surface area contributed by atoms with Crippen molar-refractivity contribution < 1.29 is 4.74 Å². The Morgan fingerprint density at radius 1 is 0.939 bits per heavy atom. The average Bonchev–Trinajstić information content (AvgIpc) is 3.55. The third-order valence-electron chi connectivity index (χ3n) is 6.01. The second-order valence-corrected chi connectivity index (χ2v) is 7.93. The lowest BCUT2D eigenvalue weighted by atomic mass is 10.0. The number of methoxy groups -OCH3 is 1. The van der Waals surface area contributed by atoms with Crippen LogP contribution in [-0.4, -0.2) is 41.8 Å². The van der Waals surface area contributed by atoms with E-state index in [1.54, 1.807) is 7.11 Å². The Bertz CT molecular complexity index is 1640. The number of imidazole rings is 2. The lowest BCUT2D eigenvalue weighted by Crippen LogP contribution is -1.96. The van der Waals surface area contributed by atoms with E-state index in [0.29, 0.717) is 11.5 Å². The molecule has 0 unspecified atom stereocenters. The van der Waals surface area contributed by atoms with Crippen LogP contribution in [0.2, 0.25) is 0 Å². The third kappa shape index (κ3) is 3.07. The van der Waals surface area contributed by atoms with Gasteiger partial charge in [-0.2, -0.15) is 5.10 Å². The van der Waals surface area contributed by atoms with Crippen LogP contribution in [-0.2, 0) is 7.05 Å². The van der Waals surface area contributed by atoms with Crippen LogP contribution in [0.4, 0.5) is 0 Å². The van der Waals surface area contributed by atoms with E-state index >= 15 is 0 Å². The molecule has 0 aliphatic heterocycles. The van der Waals surface area contributed by atoms with Crippen LogP contribution in [0, 0.1) is 6.92 Å². The SMILES string of the molecule is COc1cccc(-c2cccc3[nH]c(-c4n[nH]c5ccc(-c6cnc(C)n6C)nc45)nc23)c1. The second kappa shape index (κ2) is 7.30. The van der Waals surface area contributed by atoms with Gasteiger partial charge in [-0.25, -0.2) is 15.0 Å². The first-order chi connectivity index (χ1) is 16.1. The Balaban J connectivity index is 1.50. The highest BCUT2D eigenvalue weighted by atomic mass is 16.5. The standard InChI is InChI=1S/C25H21N7O/c1-14-26-13-21(32(14)2)18-10-11-20-23(27-18)24(31-30-20)25-28-19-9-5-8-17(22(19)29-25)15-6-4-7-16(12-15)33-3/h4-13H,1-3H3,(H,28,29)(H,30,31). The minimum Gasteiger partial charge on any atom is -0.497 e. The Kier molecular flexibility index (Phi) is 4.26. The van der Waals surface area contributed by atoms with Gasteiger partial charge in [-0.3, -0.25) is 5.10 Å². The quantitative estimate of drug-likeness (QED) is 0.411. The summed E-state index contributed by atoms with van der Waals surface area (Å²) in [6.45, 7) is 1.97. The fourth-order valence-corrected chi connectivity index (χ4v) is 4.11. The molecule has 4 aromatic heterocycles. The summed E-state index contributed by atoms with van der Waals surface area (Å²) in [7, 11) is 3.66. The molecule has 0 aliphatic rings. The Labute approximate surface area is 189 Å². The zero-order valence-electron chi connectivity index (χ0n) is 18.4. The second-order valence-electron chi connectivity index (χ2n) is 7.93. The molecule has 0 fully saturated rings. The van der Waals surface area contributed by atoms with Gasteiger partial charge in [0, 0.05) is 12.6 Å². The minimum atomic E-state index is 0.664. The number of nitrogens with zero attached hydrogens (tertiary/aromatic N) is 5. The zero-order valence-corrected chi connectivity index (χ0v) is 18.4. The maximum Gasteiger partial charge on any atom is 0.161 e. The smallest absolute Gasteiger partial charge is 0.161 e. The number of pyridine rings is 1. The molecule has 2 aromatic carbocycles. The monoisotopic (exact) mass is 435 g/mol. The van der Waals surface area contributed by atoms with Gasteiger partial charge >= 0.3 is 0 Å². The molecule has 0 aliphatic carbocycles. The van der Waals surface area contributed by atoms with Crippen molar-refractivity contribution in [2.75, 3.05) is 7.11 Å². The van der Waals surface area contributed by atoms with E-state index in [0.717, 1.165) is 56.2 Å². The lowest BCUT2D eigenvalue weighted by Gasteiger charge is -2.05. The fourth-order valence-electron chi connectivity index (χ4n) is 4.11. The highest BCUT2D eigenvalue weighted by Crippen LogP contribution is 2.33. The largest absolute Gasteiger partial charge is 0.497 e. The van der Waals surface area contributed by atoms with Crippen molar-refractivity contribution in [2.45, 2.75) is 6.92 Å². The molecule has 0 amide bonds. The number of rotatable bonds is 4. The van der Waals surface area contributed by atoms with E-state index in [1.165, 1.54) is 0 Å². The van der Waals surface area contributed by atoms with Crippen molar-refractivity contribution in [1.29, 1.82) is 0 Å². The normalized spacial score (nSPS) is 11.5. The first-order valence-corrected chi connectivity index (χ1v) is 10.6. The molecule has 162 valence electrons. The fraction of sp³-hybridized carbons (Fsp3) is 0.120. The predicted molar refractivity (Wildman–Crippen MR) is 128 cm³/mol. The Hall–Kier alpha value is -4.46. The molecule has 4 heterocycles. The van der Waals surface area contributed by atoms with E-state index in [-0.39, 0.29) is 0 Å². The summed E-state index contributed by atoms with van der Waals surface area (Å²) in [4.78, 5) is 17.6. The molecule has 0 saturated heterocycles. The number of benzene rings is 2. The molecule has 2 N–H and O–H groups in total. The molecule has 0 atom stereocenters.